The minimum Gasteiger partial charge on any atom is -0.496 e. The number of aliphatic carboxylic acids is 1. The lowest BCUT2D eigenvalue weighted by molar-refractivity contribution is -0.142. The molecular weight excluding hydrogens is 411 g/mol. The molecule has 0 aliphatic carbocycles. The van der Waals surface area contributed by atoms with Crippen LogP contribution in [-0.2, 0) is 11.3 Å². The number of ether oxygens (including phenoxy) is 1. The number of aromatic nitrogens is 2. The number of rotatable bonds is 8. The van der Waals surface area contributed by atoms with E-state index in [9.17, 15) is 14.3 Å². The summed E-state index contributed by atoms with van der Waals surface area (Å²) in [6, 6.07) is 7.58. The van der Waals surface area contributed by atoms with Gasteiger partial charge in [0.2, 0.25) is 0 Å². The van der Waals surface area contributed by atoms with Gasteiger partial charge in [-0.3, -0.25) is 9.69 Å². The zero-order chi connectivity index (χ0) is 21.8. The van der Waals surface area contributed by atoms with Crippen LogP contribution in [0.3, 0.4) is 0 Å². The predicted octanol–water partition coefficient (Wildman–Crippen LogP) is 4.47. The normalized spacial score (nSPS) is 12.2. The fourth-order valence-electron chi connectivity index (χ4n) is 3.17. The van der Waals surface area contributed by atoms with Crippen molar-refractivity contribution in [3.63, 3.8) is 0 Å². The van der Waals surface area contributed by atoms with Crippen LogP contribution in [-0.4, -0.2) is 45.6 Å². The SMILES string of the molecule is CCN(Cc1cc2c(Nc3cccc(Cl)c3F)ncnc2cc1OC)[C@@H](C)C(=O)O. The van der Waals surface area contributed by atoms with Crippen LogP contribution in [0.25, 0.3) is 10.9 Å². The van der Waals surface area contributed by atoms with Crippen molar-refractivity contribution in [1.82, 2.24) is 14.9 Å². The summed E-state index contributed by atoms with van der Waals surface area (Å²) in [5.41, 5.74) is 1.56. The molecule has 0 unspecified atom stereocenters. The van der Waals surface area contributed by atoms with Crippen molar-refractivity contribution in [3.8, 4) is 5.75 Å². The highest BCUT2D eigenvalue weighted by atomic mass is 35.5. The Morgan fingerprint density at radius 3 is 2.80 bits per heavy atom. The summed E-state index contributed by atoms with van der Waals surface area (Å²) < 4.78 is 19.8. The van der Waals surface area contributed by atoms with Crippen molar-refractivity contribution in [2.75, 3.05) is 19.0 Å². The van der Waals surface area contributed by atoms with E-state index < -0.39 is 17.8 Å². The van der Waals surface area contributed by atoms with E-state index in [2.05, 4.69) is 15.3 Å². The molecule has 0 saturated carbocycles. The fourth-order valence-corrected chi connectivity index (χ4v) is 3.34. The zero-order valence-electron chi connectivity index (χ0n) is 16.8. The van der Waals surface area contributed by atoms with E-state index in [0.29, 0.717) is 35.6 Å². The average Bonchev–Trinajstić information content (AvgIpc) is 2.74. The van der Waals surface area contributed by atoms with Gasteiger partial charge in [-0.2, -0.15) is 0 Å². The van der Waals surface area contributed by atoms with Crippen LogP contribution in [0.5, 0.6) is 5.75 Å². The zero-order valence-corrected chi connectivity index (χ0v) is 17.6. The van der Waals surface area contributed by atoms with Gasteiger partial charge in [-0.15, -0.1) is 0 Å². The summed E-state index contributed by atoms with van der Waals surface area (Å²) in [6.07, 6.45) is 1.37. The fraction of sp³-hybridized carbons (Fsp3) is 0.286. The summed E-state index contributed by atoms with van der Waals surface area (Å²) in [5, 5.41) is 13.0. The number of halogens is 2. The molecule has 1 atom stereocenters. The number of nitrogens with zero attached hydrogens (tertiary/aromatic N) is 3. The topological polar surface area (TPSA) is 87.6 Å². The van der Waals surface area contributed by atoms with E-state index >= 15 is 0 Å². The Bertz CT molecular complexity index is 1080. The minimum absolute atomic E-state index is 0.00182. The third kappa shape index (κ3) is 4.44. The second-order valence-electron chi connectivity index (χ2n) is 6.71. The molecule has 0 radical (unpaired) electrons. The summed E-state index contributed by atoms with van der Waals surface area (Å²) >= 11 is 5.87. The number of carbonyl (C=O) groups is 1. The summed E-state index contributed by atoms with van der Waals surface area (Å²) in [6.45, 7) is 4.42. The lowest BCUT2D eigenvalue weighted by atomic mass is 10.1. The summed E-state index contributed by atoms with van der Waals surface area (Å²) in [5.74, 6) is -0.498. The summed E-state index contributed by atoms with van der Waals surface area (Å²) in [7, 11) is 1.54. The first-order valence-electron chi connectivity index (χ1n) is 9.35. The van der Waals surface area contributed by atoms with Crippen molar-refractivity contribution < 1.29 is 19.0 Å². The highest BCUT2D eigenvalue weighted by Crippen LogP contribution is 2.32. The number of likely N-dealkylation sites (N-methyl/N-ethyl adjacent to an activating group) is 1. The number of nitrogens with one attached hydrogen (secondary N) is 1. The molecule has 2 aromatic carbocycles. The van der Waals surface area contributed by atoms with Crippen LogP contribution in [0, 0.1) is 5.82 Å². The van der Waals surface area contributed by atoms with Gasteiger partial charge in [0.15, 0.2) is 5.82 Å². The third-order valence-corrected chi connectivity index (χ3v) is 5.22. The van der Waals surface area contributed by atoms with E-state index in [4.69, 9.17) is 16.3 Å². The summed E-state index contributed by atoms with van der Waals surface area (Å²) in [4.78, 5) is 21.8. The molecule has 1 heterocycles. The van der Waals surface area contributed by atoms with Crippen molar-refractivity contribution in [3.05, 3.63) is 53.1 Å². The predicted molar refractivity (Wildman–Crippen MR) is 114 cm³/mol. The molecule has 0 amide bonds. The van der Waals surface area contributed by atoms with Crippen LogP contribution in [0.15, 0.2) is 36.7 Å². The van der Waals surface area contributed by atoms with Gasteiger partial charge in [0.05, 0.1) is 23.3 Å². The van der Waals surface area contributed by atoms with Gasteiger partial charge in [0.1, 0.15) is 23.9 Å². The molecule has 0 aliphatic rings. The second-order valence-corrected chi connectivity index (χ2v) is 7.11. The van der Waals surface area contributed by atoms with Gasteiger partial charge in [-0.25, -0.2) is 14.4 Å². The van der Waals surface area contributed by atoms with E-state index in [1.165, 1.54) is 12.4 Å². The van der Waals surface area contributed by atoms with Gasteiger partial charge in [-0.1, -0.05) is 24.6 Å². The molecule has 0 bridgehead atoms. The Hall–Kier alpha value is -2.97. The molecule has 30 heavy (non-hydrogen) atoms. The molecule has 0 fully saturated rings. The largest absolute Gasteiger partial charge is 0.496 e. The molecule has 2 N–H and O–H groups in total. The van der Waals surface area contributed by atoms with Crippen LogP contribution in [0.2, 0.25) is 5.02 Å². The Morgan fingerprint density at radius 2 is 2.13 bits per heavy atom. The Balaban J connectivity index is 2.05. The molecule has 9 heteroatoms. The van der Waals surface area contributed by atoms with Crippen LogP contribution < -0.4 is 10.1 Å². The third-order valence-electron chi connectivity index (χ3n) is 4.93. The van der Waals surface area contributed by atoms with E-state index in [1.807, 2.05) is 13.0 Å². The second kappa shape index (κ2) is 9.23. The first kappa shape index (κ1) is 21.7. The maximum absolute atomic E-state index is 14.3. The molecule has 158 valence electrons. The molecule has 0 spiro atoms. The number of hydrogen-bond acceptors (Lipinski definition) is 6. The highest BCUT2D eigenvalue weighted by Gasteiger charge is 2.21. The number of anilines is 2. The van der Waals surface area contributed by atoms with Crippen molar-refractivity contribution >= 4 is 40.0 Å². The first-order chi connectivity index (χ1) is 14.3. The maximum atomic E-state index is 14.3. The molecule has 7 nitrogen and oxygen atoms in total. The van der Waals surface area contributed by atoms with Crippen LogP contribution in [0.1, 0.15) is 19.4 Å². The lowest BCUT2D eigenvalue weighted by Gasteiger charge is -2.25. The van der Waals surface area contributed by atoms with E-state index in [0.717, 1.165) is 5.56 Å². The molecule has 3 aromatic rings. The Morgan fingerprint density at radius 1 is 1.37 bits per heavy atom. The Labute approximate surface area is 178 Å². The number of carboxylic acid groups (broad SMARTS) is 1. The van der Waals surface area contributed by atoms with Crippen LogP contribution >= 0.6 is 11.6 Å². The van der Waals surface area contributed by atoms with Gasteiger partial charge < -0.3 is 15.2 Å². The number of benzene rings is 2. The standard InChI is InChI=1S/C21H22ClFN4O3/c1-4-27(12(2)21(28)29)10-13-8-14-17(9-18(13)30-3)24-11-25-20(14)26-16-7-5-6-15(22)19(16)23/h5-9,11-12H,4,10H2,1-3H3,(H,28,29)(H,24,25,26)/t12-/m0/s1. The maximum Gasteiger partial charge on any atom is 0.320 e. The van der Waals surface area contributed by atoms with Crippen LogP contribution in [0.4, 0.5) is 15.9 Å². The van der Waals surface area contributed by atoms with E-state index in [1.54, 1.807) is 37.1 Å². The number of hydrogen-bond donors (Lipinski definition) is 2. The number of carboxylic acids is 1. The average molecular weight is 433 g/mol. The molecule has 3 rings (SSSR count). The minimum atomic E-state index is -0.904. The molecular formula is C21H22ClFN4O3. The highest BCUT2D eigenvalue weighted by molar-refractivity contribution is 6.31. The van der Waals surface area contributed by atoms with Crippen molar-refractivity contribution in [2.24, 2.45) is 0 Å². The van der Waals surface area contributed by atoms with Crippen molar-refractivity contribution in [1.29, 1.82) is 0 Å². The molecule has 0 saturated heterocycles. The number of methoxy groups -OCH3 is 1. The first-order valence-corrected chi connectivity index (χ1v) is 9.73. The molecule has 1 aromatic heterocycles. The number of fused-ring (bicyclic) bond motifs is 1. The van der Waals surface area contributed by atoms with E-state index in [-0.39, 0.29) is 10.7 Å². The van der Waals surface area contributed by atoms with Gasteiger partial charge in [0, 0.05) is 23.6 Å². The van der Waals surface area contributed by atoms with Gasteiger partial charge >= 0.3 is 5.97 Å². The smallest absolute Gasteiger partial charge is 0.320 e. The van der Waals surface area contributed by atoms with Gasteiger partial charge in [0.25, 0.3) is 0 Å². The quantitative estimate of drug-likeness (QED) is 0.543. The van der Waals surface area contributed by atoms with Crippen molar-refractivity contribution in [2.45, 2.75) is 26.4 Å². The molecule has 0 aliphatic heterocycles. The lowest BCUT2D eigenvalue weighted by Crippen LogP contribution is -2.38. The van der Waals surface area contributed by atoms with Gasteiger partial charge in [-0.05, 0) is 31.7 Å². The monoisotopic (exact) mass is 432 g/mol. The Kier molecular flexibility index (Phi) is 6.69.